The van der Waals surface area contributed by atoms with Gasteiger partial charge in [0.15, 0.2) is 0 Å². The number of piperazine rings is 1. The molecule has 6 heteroatoms. The first-order valence-electron chi connectivity index (χ1n) is 8.11. The fourth-order valence-corrected chi connectivity index (χ4v) is 4.10. The minimum atomic E-state index is 0.720. The molecule has 4 rings (SSSR count). The smallest absolute Gasteiger partial charge is 0.150 e. The molecule has 122 valence electrons. The summed E-state index contributed by atoms with van der Waals surface area (Å²) in [7, 11) is 1.92. The van der Waals surface area contributed by atoms with E-state index in [1.165, 1.54) is 15.6 Å². The van der Waals surface area contributed by atoms with Gasteiger partial charge >= 0.3 is 0 Å². The minimum absolute atomic E-state index is 0.720. The van der Waals surface area contributed by atoms with Crippen LogP contribution in [0, 0.1) is 11.3 Å². The zero-order valence-electron chi connectivity index (χ0n) is 13.6. The van der Waals surface area contributed by atoms with Crippen LogP contribution in [0.5, 0.6) is 0 Å². The van der Waals surface area contributed by atoms with Crippen molar-refractivity contribution in [2.45, 2.75) is 6.54 Å². The summed E-state index contributed by atoms with van der Waals surface area (Å²) in [6, 6.07) is 12.7. The summed E-state index contributed by atoms with van der Waals surface area (Å²) in [5, 5.41) is 10.3. The van der Waals surface area contributed by atoms with Crippen LogP contribution in [0.2, 0.25) is 0 Å². The van der Waals surface area contributed by atoms with Crippen molar-refractivity contribution in [3.8, 4) is 6.07 Å². The number of hydrogen-bond donors (Lipinski definition) is 0. The summed E-state index contributed by atoms with van der Waals surface area (Å²) < 4.78 is 7.81. The van der Waals surface area contributed by atoms with Crippen LogP contribution in [-0.2, 0) is 13.6 Å². The Hall–Kier alpha value is -2.36. The third kappa shape index (κ3) is 2.77. The topological polar surface area (TPSA) is 48.1 Å². The molecule has 0 spiro atoms. The van der Waals surface area contributed by atoms with E-state index in [1.807, 2.05) is 17.7 Å². The van der Waals surface area contributed by atoms with Gasteiger partial charge in [-0.15, -0.1) is 0 Å². The number of hydrogen-bond acceptors (Lipinski definition) is 5. The monoisotopic (exact) mass is 337 g/mol. The first-order valence-corrected chi connectivity index (χ1v) is 8.89. The quantitative estimate of drug-likeness (QED) is 0.737. The molecule has 0 amide bonds. The van der Waals surface area contributed by atoms with Crippen molar-refractivity contribution in [3.63, 3.8) is 0 Å². The highest BCUT2D eigenvalue weighted by atomic mass is 32.1. The molecule has 0 saturated carbocycles. The molecule has 1 fully saturated rings. The standard InChI is InChI=1S/C18H19N5S/c1-21-12-14(10-15(21)11-19)13-22-6-8-23(9-7-22)18-16-4-2-3-5-17(16)24-20-18/h2-5,10,12H,6-9,13H2,1H3. The van der Waals surface area contributed by atoms with E-state index < -0.39 is 0 Å². The maximum atomic E-state index is 9.07. The van der Waals surface area contributed by atoms with Gasteiger partial charge in [-0.2, -0.15) is 9.64 Å². The van der Waals surface area contributed by atoms with Gasteiger partial charge in [-0.1, -0.05) is 12.1 Å². The SMILES string of the molecule is Cn1cc(CN2CCN(c3nsc4ccccc34)CC2)cc1C#N. The molecule has 1 aromatic carbocycles. The Kier molecular flexibility index (Phi) is 3.97. The number of anilines is 1. The minimum Gasteiger partial charge on any atom is -0.353 e. The maximum Gasteiger partial charge on any atom is 0.150 e. The predicted molar refractivity (Wildman–Crippen MR) is 97.2 cm³/mol. The second kappa shape index (κ2) is 6.27. The molecule has 0 bridgehead atoms. The normalized spacial score (nSPS) is 15.8. The van der Waals surface area contributed by atoms with E-state index in [-0.39, 0.29) is 0 Å². The highest BCUT2D eigenvalue weighted by molar-refractivity contribution is 7.13. The third-order valence-electron chi connectivity index (χ3n) is 4.61. The summed E-state index contributed by atoms with van der Waals surface area (Å²) in [6.45, 7) is 4.92. The van der Waals surface area contributed by atoms with E-state index in [1.54, 1.807) is 11.5 Å². The molecule has 3 aromatic rings. The van der Waals surface area contributed by atoms with Gasteiger partial charge in [0.2, 0.25) is 0 Å². The molecule has 1 aliphatic rings. The van der Waals surface area contributed by atoms with Crippen molar-refractivity contribution < 1.29 is 0 Å². The van der Waals surface area contributed by atoms with Crippen molar-refractivity contribution in [3.05, 3.63) is 47.8 Å². The second-order valence-corrected chi connectivity index (χ2v) is 7.03. The number of aryl methyl sites for hydroxylation is 1. The lowest BCUT2D eigenvalue weighted by Crippen LogP contribution is -2.46. The highest BCUT2D eigenvalue weighted by Crippen LogP contribution is 2.29. The van der Waals surface area contributed by atoms with Crippen LogP contribution in [0.1, 0.15) is 11.3 Å². The zero-order valence-corrected chi connectivity index (χ0v) is 14.5. The Balaban J connectivity index is 1.42. The summed E-state index contributed by atoms with van der Waals surface area (Å²) in [4.78, 5) is 4.84. The van der Waals surface area contributed by atoms with Crippen LogP contribution in [0.15, 0.2) is 36.5 Å². The molecule has 2 aromatic heterocycles. The van der Waals surface area contributed by atoms with Gasteiger partial charge in [0.1, 0.15) is 17.6 Å². The van der Waals surface area contributed by atoms with Crippen LogP contribution < -0.4 is 4.90 Å². The number of fused-ring (bicyclic) bond motifs is 1. The van der Waals surface area contributed by atoms with Gasteiger partial charge in [-0.3, -0.25) is 4.90 Å². The van der Waals surface area contributed by atoms with Gasteiger partial charge < -0.3 is 9.47 Å². The Morgan fingerprint density at radius 3 is 2.75 bits per heavy atom. The van der Waals surface area contributed by atoms with Gasteiger partial charge in [0, 0.05) is 51.4 Å². The summed E-state index contributed by atoms with van der Waals surface area (Å²) in [5.74, 6) is 1.13. The van der Waals surface area contributed by atoms with Crippen LogP contribution in [-0.4, -0.2) is 40.0 Å². The number of nitrogens with zero attached hydrogens (tertiary/aromatic N) is 5. The third-order valence-corrected chi connectivity index (χ3v) is 5.43. The molecular formula is C18H19N5S. The molecule has 1 aliphatic heterocycles. The number of aromatic nitrogens is 2. The predicted octanol–water partition coefficient (Wildman–Crippen LogP) is 2.83. The maximum absolute atomic E-state index is 9.07. The van der Waals surface area contributed by atoms with Crippen molar-refractivity contribution >= 4 is 27.4 Å². The Bertz CT molecular complexity index is 896. The first-order chi connectivity index (χ1) is 11.7. The van der Waals surface area contributed by atoms with E-state index in [2.05, 4.69) is 50.7 Å². The van der Waals surface area contributed by atoms with Crippen LogP contribution in [0.3, 0.4) is 0 Å². The molecule has 0 aliphatic carbocycles. The molecule has 1 saturated heterocycles. The molecule has 0 atom stereocenters. The van der Waals surface area contributed by atoms with Crippen LogP contribution >= 0.6 is 11.5 Å². The number of rotatable bonds is 3. The number of benzene rings is 1. The summed E-state index contributed by atoms with van der Waals surface area (Å²) in [5.41, 5.74) is 1.93. The Morgan fingerprint density at radius 2 is 2.00 bits per heavy atom. The van der Waals surface area contributed by atoms with E-state index in [0.717, 1.165) is 44.2 Å². The van der Waals surface area contributed by atoms with Gasteiger partial charge in [-0.25, -0.2) is 0 Å². The molecular weight excluding hydrogens is 318 g/mol. The fourth-order valence-electron chi connectivity index (χ4n) is 3.31. The Labute approximate surface area is 145 Å². The summed E-state index contributed by atoms with van der Waals surface area (Å²) >= 11 is 1.58. The van der Waals surface area contributed by atoms with E-state index in [9.17, 15) is 0 Å². The molecule has 24 heavy (non-hydrogen) atoms. The summed E-state index contributed by atoms with van der Waals surface area (Å²) in [6.07, 6.45) is 2.05. The lowest BCUT2D eigenvalue weighted by atomic mass is 10.2. The second-order valence-electron chi connectivity index (χ2n) is 6.22. The largest absolute Gasteiger partial charge is 0.353 e. The van der Waals surface area contributed by atoms with Crippen molar-refractivity contribution in [2.75, 3.05) is 31.1 Å². The van der Waals surface area contributed by atoms with Crippen molar-refractivity contribution in [2.24, 2.45) is 7.05 Å². The van der Waals surface area contributed by atoms with Crippen LogP contribution in [0.25, 0.3) is 10.1 Å². The van der Waals surface area contributed by atoms with Gasteiger partial charge in [-0.05, 0) is 35.3 Å². The highest BCUT2D eigenvalue weighted by Gasteiger charge is 2.21. The number of nitriles is 1. The molecule has 0 unspecified atom stereocenters. The first kappa shape index (κ1) is 15.2. The van der Waals surface area contributed by atoms with Crippen molar-refractivity contribution in [1.82, 2.24) is 13.8 Å². The van der Waals surface area contributed by atoms with Gasteiger partial charge in [0.05, 0.1) is 4.70 Å². The van der Waals surface area contributed by atoms with E-state index >= 15 is 0 Å². The Morgan fingerprint density at radius 1 is 1.21 bits per heavy atom. The van der Waals surface area contributed by atoms with E-state index in [4.69, 9.17) is 5.26 Å². The zero-order chi connectivity index (χ0) is 16.5. The van der Waals surface area contributed by atoms with E-state index in [0.29, 0.717) is 0 Å². The van der Waals surface area contributed by atoms with Gasteiger partial charge in [0.25, 0.3) is 0 Å². The average Bonchev–Trinajstić information content (AvgIpc) is 3.19. The lowest BCUT2D eigenvalue weighted by molar-refractivity contribution is 0.249. The molecule has 3 heterocycles. The van der Waals surface area contributed by atoms with Crippen LogP contribution in [0.4, 0.5) is 5.82 Å². The molecule has 5 nitrogen and oxygen atoms in total. The average molecular weight is 337 g/mol. The molecule has 0 N–H and O–H groups in total. The van der Waals surface area contributed by atoms with Crippen molar-refractivity contribution in [1.29, 1.82) is 5.26 Å². The lowest BCUT2D eigenvalue weighted by Gasteiger charge is -2.34. The fraction of sp³-hybridized carbons (Fsp3) is 0.333. The molecule has 0 radical (unpaired) electrons.